The van der Waals surface area contributed by atoms with E-state index in [2.05, 4.69) is 25.3 Å². The summed E-state index contributed by atoms with van der Waals surface area (Å²) in [6.45, 7) is 3.60. The molecule has 3 rings (SSSR count). The molecule has 26 heavy (non-hydrogen) atoms. The van der Waals surface area contributed by atoms with E-state index in [1.54, 1.807) is 37.6 Å². The maximum Gasteiger partial charge on any atom is 0.255 e. The molecule has 7 heteroatoms. The molecule has 1 atom stereocenters. The Morgan fingerprint density at radius 2 is 1.96 bits per heavy atom. The molecule has 0 aliphatic rings. The lowest BCUT2D eigenvalue weighted by Crippen LogP contribution is -2.31. The number of rotatable bonds is 5. The van der Waals surface area contributed by atoms with Crippen molar-refractivity contribution in [2.75, 3.05) is 0 Å². The molecule has 3 heterocycles. The molecular weight excluding hydrogens is 330 g/mol. The lowest BCUT2D eigenvalue weighted by atomic mass is 10.1. The van der Waals surface area contributed by atoms with Gasteiger partial charge in [-0.25, -0.2) is 4.98 Å². The second-order valence-corrected chi connectivity index (χ2v) is 5.94. The van der Waals surface area contributed by atoms with Crippen molar-refractivity contribution in [3.05, 3.63) is 76.1 Å². The van der Waals surface area contributed by atoms with Gasteiger partial charge in [0.2, 0.25) is 5.91 Å². The predicted molar refractivity (Wildman–Crippen MR) is 97.3 cm³/mol. The van der Waals surface area contributed by atoms with Gasteiger partial charge in [-0.3, -0.25) is 19.6 Å². The van der Waals surface area contributed by atoms with Crippen LogP contribution in [0.15, 0.2) is 53.7 Å². The van der Waals surface area contributed by atoms with Gasteiger partial charge in [0.05, 0.1) is 12.5 Å². The van der Waals surface area contributed by atoms with E-state index in [1.807, 2.05) is 25.1 Å². The number of nitrogens with one attached hydrogen (secondary N) is 2. The summed E-state index contributed by atoms with van der Waals surface area (Å²) in [5, 5.41) is 2.89. The van der Waals surface area contributed by atoms with E-state index in [0.29, 0.717) is 22.8 Å². The molecule has 0 fully saturated rings. The quantitative estimate of drug-likeness (QED) is 0.733. The summed E-state index contributed by atoms with van der Waals surface area (Å²) in [6.07, 6.45) is 4.94. The van der Waals surface area contributed by atoms with E-state index in [0.717, 1.165) is 5.56 Å². The first-order valence-electron chi connectivity index (χ1n) is 8.25. The lowest BCUT2D eigenvalue weighted by molar-refractivity contribution is -0.121. The van der Waals surface area contributed by atoms with Gasteiger partial charge in [-0.2, -0.15) is 0 Å². The first-order chi connectivity index (χ1) is 12.5. The zero-order valence-electron chi connectivity index (χ0n) is 14.6. The molecule has 0 spiro atoms. The molecule has 1 amide bonds. The van der Waals surface area contributed by atoms with Crippen LogP contribution in [-0.4, -0.2) is 25.8 Å². The standard InChI is InChI=1S/C19H19N5O2/c1-12(14-6-9-20-10-7-14)22-17(25)11-15-13(2)23-18(24-19(15)26)16-5-3-4-8-21-16/h3-10,12H,11H2,1-2H3,(H,22,25)(H,23,24,26)/t12-/m1/s1. The van der Waals surface area contributed by atoms with Crippen molar-refractivity contribution >= 4 is 5.91 Å². The van der Waals surface area contributed by atoms with Crippen molar-refractivity contribution < 1.29 is 4.79 Å². The number of nitrogens with zero attached hydrogens (tertiary/aromatic N) is 3. The smallest absolute Gasteiger partial charge is 0.255 e. The second-order valence-electron chi connectivity index (χ2n) is 5.94. The molecular formula is C19H19N5O2. The monoisotopic (exact) mass is 349 g/mol. The van der Waals surface area contributed by atoms with Crippen LogP contribution in [-0.2, 0) is 11.2 Å². The number of carbonyl (C=O) groups excluding carboxylic acids is 1. The SMILES string of the molecule is Cc1nc(-c2ccccn2)[nH]c(=O)c1CC(=O)N[C@H](C)c1ccncc1. The topological polar surface area (TPSA) is 101 Å². The van der Waals surface area contributed by atoms with E-state index < -0.39 is 0 Å². The minimum Gasteiger partial charge on any atom is -0.349 e. The highest BCUT2D eigenvalue weighted by molar-refractivity contribution is 5.79. The van der Waals surface area contributed by atoms with Crippen molar-refractivity contribution in [3.63, 3.8) is 0 Å². The molecule has 0 aromatic carbocycles. The molecule has 3 aromatic rings. The third kappa shape index (κ3) is 4.00. The number of hydrogen-bond donors (Lipinski definition) is 2. The normalized spacial score (nSPS) is 11.8. The molecule has 0 unspecified atom stereocenters. The highest BCUT2D eigenvalue weighted by Gasteiger charge is 2.16. The second kappa shape index (κ2) is 7.69. The maximum atomic E-state index is 12.4. The average Bonchev–Trinajstić information content (AvgIpc) is 2.66. The number of hydrogen-bond acceptors (Lipinski definition) is 5. The van der Waals surface area contributed by atoms with E-state index in [4.69, 9.17) is 0 Å². The Balaban J connectivity index is 1.76. The first kappa shape index (κ1) is 17.5. The lowest BCUT2D eigenvalue weighted by Gasteiger charge is -2.14. The molecule has 2 N–H and O–H groups in total. The maximum absolute atomic E-state index is 12.4. The molecule has 0 radical (unpaired) electrons. The van der Waals surface area contributed by atoms with Crippen LogP contribution in [0.3, 0.4) is 0 Å². The van der Waals surface area contributed by atoms with Gasteiger partial charge >= 0.3 is 0 Å². The number of aromatic nitrogens is 4. The number of pyridine rings is 2. The van der Waals surface area contributed by atoms with E-state index in [-0.39, 0.29) is 23.9 Å². The predicted octanol–water partition coefficient (Wildman–Crippen LogP) is 1.96. The van der Waals surface area contributed by atoms with Crippen LogP contribution in [0.1, 0.15) is 29.8 Å². The Morgan fingerprint density at radius 1 is 1.19 bits per heavy atom. The fraction of sp³-hybridized carbons (Fsp3) is 0.211. The summed E-state index contributed by atoms with van der Waals surface area (Å²) in [5.41, 5.74) is 2.06. The molecule has 0 saturated carbocycles. The number of aromatic amines is 1. The first-order valence-corrected chi connectivity index (χ1v) is 8.25. The fourth-order valence-corrected chi connectivity index (χ4v) is 2.63. The Bertz CT molecular complexity index is 955. The Morgan fingerprint density at radius 3 is 2.62 bits per heavy atom. The van der Waals surface area contributed by atoms with Crippen LogP contribution in [0.2, 0.25) is 0 Å². The van der Waals surface area contributed by atoms with E-state index in [1.165, 1.54) is 0 Å². The molecule has 0 saturated heterocycles. The van der Waals surface area contributed by atoms with Crippen LogP contribution in [0.25, 0.3) is 11.5 Å². The summed E-state index contributed by atoms with van der Waals surface area (Å²) >= 11 is 0. The van der Waals surface area contributed by atoms with Crippen LogP contribution in [0.4, 0.5) is 0 Å². The third-order valence-corrected chi connectivity index (χ3v) is 4.05. The number of amides is 1. The fourth-order valence-electron chi connectivity index (χ4n) is 2.63. The van der Waals surface area contributed by atoms with Gasteiger partial charge in [-0.15, -0.1) is 0 Å². The van der Waals surface area contributed by atoms with Crippen molar-refractivity contribution in [2.45, 2.75) is 26.3 Å². The summed E-state index contributed by atoms with van der Waals surface area (Å²) in [7, 11) is 0. The van der Waals surface area contributed by atoms with E-state index >= 15 is 0 Å². The number of carbonyl (C=O) groups is 1. The third-order valence-electron chi connectivity index (χ3n) is 4.05. The summed E-state index contributed by atoms with van der Waals surface area (Å²) in [5.74, 6) is 0.151. The highest BCUT2D eigenvalue weighted by Crippen LogP contribution is 2.13. The molecule has 3 aromatic heterocycles. The van der Waals surface area contributed by atoms with Crippen LogP contribution >= 0.6 is 0 Å². The summed E-state index contributed by atoms with van der Waals surface area (Å²) in [6, 6.07) is 8.88. The van der Waals surface area contributed by atoms with Gasteiger partial charge in [-0.05, 0) is 43.7 Å². The van der Waals surface area contributed by atoms with Crippen molar-refractivity contribution in [1.29, 1.82) is 0 Å². The molecule has 132 valence electrons. The Labute approximate surface area is 150 Å². The minimum absolute atomic E-state index is 0.0356. The summed E-state index contributed by atoms with van der Waals surface area (Å²) < 4.78 is 0. The van der Waals surface area contributed by atoms with Gasteiger partial charge in [-0.1, -0.05) is 6.07 Å². The Hall–Kier alpha value is -3.35. The molecule has 0 aliphatic heterocycles. The minimum atomic E-state index is -0.329. The van der Waals surface area contributed by atoms with Crippen LogP contribution in [0.5, 0.6) is 0 Å². The summed E-state index contributed by atoms with van der Waals surface area (Å²) in [4.78, 5) is 40.0. The van der Waals surface area contributed by atoms with Gasteiger partial charge in [0.25, 0.3) is 5.56 Å². The van der Waals surface area contributed by atoms with Gasteiger partial charge < -0.3 is 10.3 Å². The zero-order valence-corrected chi connectivity index (χ0v) is 14.6. The zero-order chi connectivity index (χ0) is 18.5. The van der Waals surface area contributed by atoms with Crippen LogP contribution < -0.4 is 10.9 Å². The highest BCUT2D eigenvalue weighted by atomic mass is 16.2. The van der Waals surface area contributed by atoms with Gasteiger partial charge in [0.15, 0.2) is 5.82 Å². The number of aryl methyl sites for hydroxylation is 1. The molecule has 0 bridgehead atoms. The van der Waals surface area contributed by atoms with Crippen LogP contribution in [0, 0.1) is 6.92 Å². The number of H-pyrrole nitrogens is 1. The van der Waals surface area contributed by atoms with Crippen molar-refractivity contribution in [1.82, 2.24) is 25.3 Å². The molecule has 7 nitrogen and oxygen atoms in total. The van der Waals surface area contributed by atoms with Crippen molar-refractivity contribution in [3.8, 4) is 11.5 Å². The average molecular weight is 349 g/mol. The molecule has 0 aliphatic carbocycles. The van der Waals surface area contributed by atoms with Crippen molar-refractivity contribution in [2.24, 2.45) is 0 Å². The Kier molecular flexibility index (Phi) is 5.17. The largest absolute Gasteiger partial charge is 0.349 e. The van der Waals surface area contributed by atoms with E-state index in [9.17, 15) is 9.59 Å². The van der Waals surface area contributed by atoms with Gasteiger partial charge in [0, 0.05) is 29.8 Å². The van der Waals surface area contributed by atoms with Gasteiger partial charge in [0.1, 0.15) is 5.69 Å².